The molecule has 1 fully saturated rings. The molecule has 1 aromatic rings. The number of hydrogen-bond acceptors (Lipinski definition) is 4. The van der Waals surface area contributed by atoms with Crippen molar-refractivity contribution in [1.29, 1.82) is 0 Å². The van der Waals surface area contributed by atoms with Gasteiger partial charge in [-0.25, -0.2) is 4.98 Å². The van der Waals surface area contributed by atoms with E-state index in [4.69, 9.17) is 5.73 Å². The van der Waals surface area contributed by atoms with Gasteiger partial charge in [0.2, 0.25) is 5.91 Å². The van der Waals surface area contributed by atoms with Gasteiger partial charge in [0.15, 0.2) is 0 Å². The predicted octanol–water partition coefficient (Wildman–Crippen LogP) is 1.54. The number of nitrogens with zero attached hydrogens (tertiary/aromatic N) is 2. The van der Waals surface area contributed by atoms with Crippen LogP contribution in [0.1, 0.15) is 29.8 Å². The molecule has 5 heteroatoms. The Kier molecular flexibility index (Phi) is 3.79. The van der Waals surface area contributed by atoms with Crippen molar-refractivity contribution in [2.75, 3.05) is 7.05 Å². The van der Waals surface area contributed by atoms with E-state index in [0.717, 1.165) is 29.8 Å². The third-order valence-corrected chi connectivity index (χ3v) is 4.41. The summed E-state index contributed by atoms with van der Waals surface area (Å²) in [6.45, 7) is 2.63. The van der Waals surface area contributed by atoms with Crippen molar-refractivity contribution < 1.29 is 4.79 Å². The van der Waals surface area contributed by atoms with Gasteiger partial charge in [0.05, 0.1) is 23.7 Å². The number of rotatable bonds is 3. The van der Waals surface area contributed by atoms with Gasteiger partial charge in [0.1, 0.15) is 0 Å². The summed E-state index contributed by atoms with van der Waals surface area (Å²) >= 11 is 1.60. The molecule has 2 atom stereocenters. The van der Waals surface area contributed by atoms with Gasteiger partial charge in [-0.15, -0.1) is 11.3 Å². The van der Waals surface area contributed by atoms with Crippen LogP contribution in [0.2, 0.25) is 0 Å². The van der Waals surface area contributed by atoms with E-state index in [2.05, 4.69) is 4.98 Å². The Morgan fingerprint density at radius 1 is 1.65 bits per heavy atom. The van der Waals surface area contributed by atoms with Crippen LogP contribution in [0.15, 0.2) is 5.51 Å². The zero-order valence-corrected chi connectivity index (χ0v) is 11.2. The molecule has 1 amide bonds. The van der Waals surface area contributed by atoms with E-state index in [-0.39, 0.29) is 17.9 Å². The highest BCUT2D eigenvalue weighted by atomic mass is 32.1. The summed E-state index contributed by atoms with van der Waals surface area (Å²) in [4.78, 5) is 19.4. The zero-order chi connectivity index (χ0) is 12.4. The molecule has 1 aromatic heterocycles. The van der Waals surface area contributed by atoms with Crippen LogP contribution in [-0.2, 0) is 11.3 Å². The van der Waals surface area contributed by atoms with Gasteiger partial charge in [-0.05, 0) is 19.8 Å². The third-order valence-electron chi connectivity index (χ3n) is 3.49. The summed E-state index contributed by atoms with van der Waals surface area (Å²) < 4.78 is 0. The van der Waals surface area contributed by atoms with Crippen molar-refractivity contribution >= 4 is 17.2 Å². The first kappa shape index (κ1) is 12.5. The lowest BCUT2D eigenvalue weighted by atomic mass is 10.0. The molecule has 0 bridgehead atoms. The second-order valence-electron chi connectivity index (χ2n) is 4.76. The lowest BCUT2D eigenvalue weighted by molar-refractivity contribution is -0.134. The molecule has 0 spiro atoms. The maximum atomic E-state index is 12.2. The predicted molar refractivity (Wildman–Crippen MR) is 68.6 cm³/mol. The Morgan fingerprint density at radius 2 is 2.41 bits per heavy atom. The highest BCUT2D eigenvalue weighted by Gasteiger charge is 2.32. The van der Waals surface area contributed by atoms with Crippen LogP contribution >= 0.6 is 11.3 Å². The fourth-order valence-electron chi connectivity index (χ4n) is 2.35. The number of thiazole rings is 1. The number of amides is 1. The molecule has 1 saturated carbocycles. The van der Waals surface area contributed by atoms with E-state index >= 15 is 0 Å². The molecule has 17 heavy (non-hydrogen) atoms. The fourth-order valence-corrected chi connectivity index (χ4v) is 3.18. The molecule has 0 radical (unpaired) electrons. The molecule has 0 aromatic carbocycles. The average molecular weight is 253 g/mol. The van der Waals surface area contributed by atoms with Gasteiger partial charge in [-0.1, -0.05) is 6.42 Å². The van der Waals surface area contributed by atoms with Gasteiger partial charge in [-0.2, -0.15) is 0 Å². The van der Waals surface area contributed by atoms with Crippen LogP contribution in [0.4, 0.5) is 0 Å². The van der Waals surface area contributed by atoms with Crippen molar-refractivity contribution in [2.45, 2.75) is 38.8 Å². The van der Waals surface area contributed by atoms with Gasteiger partial charge in [0.25, 0.3) is 0 Å². The molecular formula is C12H19N3OS. The maximum Gasteiger partial charge on any atom is 0.227 e. The molecule has 0 aliphatic heterocycles. The Hall–Kier alpha value is -0.940. The first-order valence-electron chi connectivity index (χ1n) is 5.99. The van der Waals surface area contributed by atoms with Gasteiger partial charge >= 0.3 is 0 Å². The molecule has 1 aliphatic rings. The van der Waals surface area contributed by atoms with Gasteiger partial charge in [0, 0.05) is 18.0 Å². The van der Waals surface area contributed by atoms with Crippen LogP contribution in [0.3, 0.4) is 0 Å². The van der Waals surface area contributed by atoms with Gasteiger partial charge in [-0.3, -0.25) is 4.79 Å². The molecule has 4 nitrogen and oxygen atoms in total. The van der Waals surface area contributed by atoms with Crippen LogP contribution in [0.25, 0.3) is 0 Å². The van der Waals surface area contributed by atoms with E-state index in [1.165, 1.54) is 0 Å². The first-order chi connectivity index (χ1) is 8.09. The molecule has 0 unspecified atom stereocenters. The topological polar surface area (TPSA) is 59.2 Å². The largest absolute Gasteiger partial charge is 0.340 e. The van der Waals surface area contributed by atoms with Crippen LogP contribution in [-0.4, -0.2) is 28.9 Å². The second-order valence-corrected chi connectivity index (χ2v) is 5.70. The molecule has 2 rings (SSSR count). The van der Waals surface area contributed by atoms with Crippen molar-refractivity contribution in [1.82, 2.24) is 9.88 Å². The van der Waals surface area contributed by atoms with Crippen LogP contribution in [0, 0.1) is 12.8 Å². The molecule has 1 heterocycles. The lowest BCUT2D eigenvalue weighted by Crippen LogP contribution is -2.39. The Bertz CT molecular complexity index is 404. The van der Waals surface area contributed by atoms with E-state index in [9.17, 15) is 4.79 Å². The summed E-state index contributed by atoms with van der Waals surface area (Å²) in [5, 5.41) is 0. The van der Waals surface area contributed by atoms with E-state index in [0.29, 0.717) is 6.54 Å². The summed E-state index contributed by atoms with van der Waals surface area (Å²) in [6.07, 6.45) is 2.99. The average Bonchev–Trinajstić information content (AvgIpc) is 2.88. The van der Waals surface area contributed by atoms with Crippen LogP contribution in [0.5, 0.6) is 0 Å². The van der Waals surface area contributed by atoms with Crippen molar-refractivity contribution in [3.63, 3.8) is 0 Å². The minimum atomic E-state index is 0.0215. The quantitative estimate of drug-likeness (QED) is 0.889. The highest BCUT2D eigenvalue weighted by Crippen LogP contribution is 2.26. The fraction of sp³-hybridized carbons (Fsp3) is 0.667. The zero-order valence-electron chi connectivity index (χ0n) is 10.3. The summed E-state index contributed by atoms with van der Waals surface area (Å²) in [5.41, 5.74) is 8.81. The number of aryl methyl sites for hydroxylation is 1. The summed E-state index contributed by atoms with van der Waals surface area (Å²) in [5.74, 6) is 0.205. The number of carbonyl (C=O) groups excluding carboxylic acids is 1. The smallest absolute Gasteiger partial charge is 0.227 e. The maximum absolute atomic E-state index is 12.2. The molecule has 1 aliphatic carbocycles. The van der Waals surface area contributed by atoms with E-state index < -0.39 is 0 Å². The van der Waals surface area contributed by atoms with E-state index in [1.54, 1.807) is 16.2 Å². The van der Waals surface area contributed by atoms with Crippen molar-refractivity contribution in [3.8, 4) is 0 Å². The summed E-state index contributed by atoms with van der Waals surface area (Å²) in [7, 11) is 1.85. The minimum Gasteiger partial charge on any atom is -0.340 e. The van der Waals surface area contributed by atoms with Crippen molar-refractivity contribution in [2.24, 2.45) is 11.7 Å². The molecule has 2 N–H and O–H groups in total. The normalized spacial score (nSPS) is 23.9. The van der Waals surface area contributed by atoms with Crippen molar-refractivity contribution in [3.05, 3.63) is 16.1 Å². The number of carbonyl (C=O) groups is 1. The highest BCUT2D eigenvalue weighted by molar-refractivity contribution is 7.09. The lowest BCUT2D eigenvalue weighted by Gasteiger charge is -2.23. The number of hydrogen-bond donors (Lipinski definition) is 1. The number of nitrogens with two attached hydrogens (primary N) is 1. The SMILES string of the molecule is Cc1ncsc1CN(C)C(=O)[C@H]1CCC[C@H]1N. The molecule has 0 saturated heterocycles. The second kappa shape index (κ2) is 5.14. The van der Waals surface area contributed by atoms with E-state index in [1.807, 2.05) is 19.5 Å². The Balaban J connectivity index is 1.98. The standard InChI is InChI=1S/C12H19N3OS/c1-8-11(17-7-14-8)6-15(2)12(16)9-4-3-5-10(9)13/h7,9-10H,3-6,13H2,1-2H3/t9-,10+/m0/s1. The minimum absolute atomic E-state index is 0.0215. The monoisotopic (exact) mass is 253 g/mol. The summed E-state index contributed by atoms with van der Waals surface area (Å²) in [6, 6.07) is 0.0486. The number of aromatic nitrogens is 1. The third kappa shape index (κ3) is 2.66. The van der Waals surface area contributed by atoms with Gasteiger partial charge < -0.3 is 10.6 Å². The molecule has 94 valence electrons. The Labute approximate surface area is 106 Å². The Morgan fingerprint density at radius 3 is 2.94 bits per heavy atom. The van der Waals surface area contributed by atoms with Crippen LogP contribution < -0.4 is 5.73 Å². The molecular weight excluding hydrogens is 234 g/mol. The first-order valence-corrected chi connectivity index (χ1v) is 6.87.